The van der Waals surface area contributed by atoms with E-state index in [1.165, 1.54) is 0 Å². The lowest BCUT2D eigenvalue weighted by Crippen LogP contribution is -1.87. The van der Waals surface area contributed by atoms with Crippen molar-refractivity contribution in [2.24, 2.45) is 0 Å². The third-order valence-corrected chi connectivity index (χ3v) is 2.22. The number of hydrogen-bond acceptors (Lipinski definition) is 2. The number of rotatable bonds is 1. The Morgan fingerprint density at radius 1 is 1.54 bits per heavy atom. The van der Waals surface area contributed by atoms with Crippen molar-refractivity contribution in [3.05, 3.63) is 29.6 Å². The van der Waals surface area contributed by atoms with Crippen molar-refractivity contribution in [2.45, 2.75) is 5.88 Å². The van der Waals surface area contributed by atoms with Gasteiger partial charge in [-0.2, -0.15) is 5.26 Å². The first-order chi connectivity index (χ1) is 6.36. The van der Waals surface area contributed by atoms with Crippen LogP contribution in [0.25, 0.3) is 11.0 Å². The molecule has 2 rings (SSSR count). The molecule has 1 N–H and O–H groups in total. The highest BCUT2D eigenvalue weighted by Crippen LogP contribution is 2.19. The number of alkyl halides is 1. The maximum Gasteiger partial charge on any atom is 0.106 e. The third kappa shape index (κ3) is 1.16. The first-order valence-corrected chi connectivity index (χ1v) is 4.31. The van der Waals surface area contributed by atoms with Gasteiger partial charge in [-0.1, -0.05) is 6.07 Å². The molecule has 0 unspecified atom stereocenters. The summed E-state index contributed by atoms with van der Waals surface area (Å²) < 4.78 is 0. The lowest BCUT2D eigenvalue weighted by Gasteiger charge is -1.98. The fourth-order valence-electron chi connectivity index (χ4n) is 1.29. The van der Waals surface area contributed by atoms with Gasteiger partial charge in [-0.15, -0.1) is 11.6 Å². The SMILES string of the molecule is N#Cc1c(CCl)ccc2[nH]cnc12. The number of benzene rings is 1. The van der Waals surface area contributed by atoms with Crippen molar-refractivity contribution in [3.8, 4) is 6.07 Å². The lowest BCUT2D eigenvalue weighted by molar-refractivity contribution is 1.33. The van der Waals surface area contributed by atoms with Crippen LogP contribution in [0.15, 0.2) is 18.5 Å². The van der Waals surface area contributed by atoms with Gasteiger partial charge in [0.25, 0.3) is 0 Å². The van der Waals surface area contributed by atoms with Crippen LogP contribution in [0.2, 0.25) is 0 Å². The van der Waals surface area contributed by atoms with E-state index in [-0.39, 0.29) is 0 Å². The number of hydrogen-bond donors (Lipinski definition) is 1. The van der Waals surface area contributed by atoms with Crippen LogP contribution in [0.1, 0.15) is 11.1 Å². The van der Waals surface area contributed by atoms with E-state index in [2.05, 4.69) is 16.0 Å². The Morgan fingerprint density at radius 2 is 2.38 bits per heavy atom. The van der Waals surface area contributed by atoms with Gasteiger partial charge in [0.05, 0.1) is 17.4 Å². The Bertz CT molecular complexity index is 481. The minimum Gasteiger partial charge on any atom is -0.345 e. The molecule has 0 aliphatic carbocycles. The fraction of sp³-hybridized carbons (Fsp3) is 0.111. The predicted molar refractivity (Wildman–Crippen MR) is 50.4 cm³/mol. The van der Waals surface area contributed by atoms with Gasteiger partial charge in [-0.05, 0) is 11.6 Å². The molecule has 0 fully saturated rings. The highest BCUT2D eigenvalue weighted by molar-refractivity contribution is 6.17. The second kappa shape index (κ2) is 3.08. The smallest absolute Gasteiger partial charge is 0.106 e. The normalized spacial score (nSPS) is 10.2. The zero-order chi connectivity index (χ0) is 9.26. The third-order valence-electron chi connectivity index (χ3n) is 1.93. The molecule has 1 aromatic carbocycles. The molecule has 13 heavy (non-hydrogen) atoms. The van der Waals surface area contributed by atoms with Crippen LogP contribution in [0.4, 0.5) is 0 Å². The van der Waals surface area contributed by atoms with Crippen molar-refractivity contribution in [3.63, 3.8) is 0 Å². The topological polar surface area (TPSA) is 52.5 Å². The minimum atomic E-state index is 0.339. The second-order valence-electron chi connectivity index (χ2n) is 2.64. The van der Waals surface area contributed by atoms with Crippen LogP contribution in [0, 0.1) is 11.3 Å². The summed E-state index contributed by atoms with van der Waals surface area (Å²) in [6.07, 6.45) is 1.57. The van der Waals surface area contributed by atoms with Gasteiger partial charge in [-0.3, -0.25) is 0 Å². The molecule has 0 atom stereocenters. The van der Waals surface area contributed by atoms with Gasteiger partial charge < -0.3 is 4.98 Å². The summed E-state index contributed by atoms with van der Waals surface area (Å²) in [5.41, 5.74) is 2.95. The Hall–Kier alpha value is -1.53. The summed E-state index contributed by atoms with van der Waals surface area (Å²) in [5.74, 6) is 0.339. The molecule has 1 heterocycles. The van der Waals surface area contributed by atoms with E-state index in [0.717, 1.165) is 11.1 Å². The zero-order valence-corrected chi connectivity index (χ0v) is 7.47. The molecule has 0 bridgehead atoms. The summed E-state index contributed by atoms with van der Waals surface area (Å²) in [6.45, 7) is 0. The van der Waals surface area contributed by atoms with E-state index in [0.29, 0.717) is 17.0 Å². The molecule has 1 aromatic heterocycles. The van der Waals surface area contributed by atoms with Gasteiger partial charge in [-0.25, -0.2) is 4.98 Å². The molecule has 0 aliphatic rings. The summed E-state index contributed by atoms with van der Waals surface area (Å²) in [7, 11) is 0. The largest absolute Gasteiger partial charge is 0.345 e. The number of halogens is 1. The molecule has 3 nitrogen and oxygen atoms in total. The number of fused-ring (bicyclic) bond motifs is 1. The van der Waals surface area contributed by atoms with Gasteiger partial charge in [0.1, 0.15) is 11.6 Å². The number of nitrogens with zero attached hydrogens (tertiary/aromatic N) is 2. The van der Waals surface area contributed by atoms with E-state index in [1.54, 1.807) is 6.33 Å². The molecular weight excluding hydrogens is 186 g/mol. The fourth-order valence-corrected chi connectivity index (χ4v) is 1.51. The first-order valence-electron chi connectivity index (χ1n) is 3.78. The van der Waals surface area contributed by atoms with Gasteiger partial charge in [0, 0.05) is 5.88 Å². The molecule has 0 saturated carbocycles. The maximum absolute atomic E-state index is 8.90. The van der Waals surface area contributed by atoms with E-state index in [4.69, 9.17) is 16.9 Å². The zero-order valence-electron chi connectivity index (χ0n) is 6.71. The first kappa shape index (κ1) is 8.09. The van der Waals surface area contributed by atoms with Crippen LogP contribution < -0.4 is 0 Å². The van der Waals surface area contributed by atoms with E-state index in [9.17, 15) is 0 Å². The monoisotopic (exact) mass is 191 g/mol. The Morgan fingerprint density at radius 3 is 3.08 bits per heavy atom. The minimum absolute atomic E-state index is 0.339. The molecule has 0 spiro atoms. The molecule has 2 aromatic rings. The number of aromatic amines is 1. The Kier molecular flexibility index (Phi) is 1.91. The summed E-state index contributed by atoms with van der Waals surface area (Å²) in [5, 5.41) is 8.90. The molecule has 0 aliphatic heterocycles. The van der Waals surface area contributed by atoms with Crippen LogP contribution >= 0.6 is 11.6 Å². The van der Waals surface area contributed by atoms with E-state index in [1.807, 2.05) is 12.1 Å². The molecule has 0 saturated heterocycles. The average molecular weight is 192 g/mol. The number of H-pyrrole nitrogens is 1. The lowest BCUT2D eigenvalue weighted by atomic mass is 10.1. The van der Waals surface area contributed by atoms with Crippen molar-refractivity contribution in [2.75, 3.05) is 0 Å². The highest BCUT2D eigenvalue weighted by Gasteiger charge is 2.07. The second-order valence-corrected chi connectivity index (χ2v) is 2.91. The Balaban J connectivity index is 2.84. The predicted octanol–water partition coefficient (Wildman–Crippen LogP) is 2.17. The number of aromatic nitrogens is 2. The van der Waals surface area contributed by atoms with Crippen LogP contribution in [0.3, 0.4) is 0 Å². The maximum atomic E-state index is 8.90. The summed E-state index contributed by atoms with van der Waals surface area (Å²) in [4.78, 5) is 7.00. The summed E-state index contributed by atoms with van der Waals surface area (Å²) in [6, 6.07) is 5.82. The summed E-state index contributed by atoms with van der Waals surface area (Å²) >= 11 is 5.69. The van der Waals surface area contributed by atoms with Crippen molar-refractivity contribution in [1.82, 2.24) is 9.97 Å². The molecule has 4 heteroatoms. The standard InChI is InChI=1S/C9H6ClN3/c10-3-6-1-2-8-9(7(6)4-11)13-5-12-8/h1-2,5H,3H2,(H,12,13). The van der Waals surface area contributed by atoms with Gasteiger partial charge in [0.2, 0.25) is 0 Å². The Labute approximate surface area is 80.0 Å². The number of imidazole rings is 1. The quantitative estimate of drug-likeness (QED) is 0.703. The number of nitriles is 1. The van der Waals surface area contributed by atoms with Crippen molar-refractivity contribution < 1.29 is 0 Å². The van der Waals surface area contributed by atoms with E-state index >= 15 is 0 Å². The van der Waals surface area contributed by atoms with Crippen LogP contribution in [0.5, 0.6) is 0 Å². The molecular formula is C9H6ClN3. The molecule has 0 amide bonds. The highest BCUT2D eigenvalue weighted by atomic mass is 35.5. The van der Waals surface area contributed by atoms with Gasteiger partial charge in [0.15, 0.2) is 0 Å². The molecule has 0 radical (unpaired) electrons. The van der Waals surface area contributed by atoms with Gasteiger partial charge >= 0.3 is 0 Å². The van der Waals surface area contributed by atoms with Crippen molar-refractivity contribution in [1.29, 1.82) is 5.26 Å². The van der Waals surface area contributed by atoms with Crippen LogP contribution in [-0.4, -0.2) is 9.97 Å². The van der Waals surface area contributed by atoms with Crippen LogP contribution in [-0.2, 0) is 5.88 Å². The average Bonchev–Trinajstić information content (AvgIpc) is 2.63. The number of nitrogens with one attached hydrogen (secondary N) is 1. The molecule has 64 valence electrons. The van der Waals surface area contributed by atoms with Crippen molar-refractivity contribution >= 4 is 22.6 Å². The van der Waals surface area contributed by atoms with E-state index < -0.39 is 0 Å².